The Morgan fingerprint density at radius 3 is 1.45 bits per heavy atom. The lowest BCUT2D eigenvalue weighted by Gasteiger charge is -2.42. The Bertz CT molecular complexity index is 1940. The van der Waals surface area contributed by atoms with Gasteiger partial charge in [-0.2, -0.15) is 26.3 Å². The maximum Gasteiger partial charge on any atom is 0.421 e. The standard InChI is InChI=1S/C45H59F15O18/c1-3-41(53,54)24-36(67)72-26-28(74-32(63)17-11-19-42(55,56)57)45(76-34(65)16-10-12-29(49)50,77-35(66)18-20-40(2,51)52)44(59,60)39(70)78-43(58,38(68)69)37(75-33(64)15-6-9-23-48)27(73-31(62)14-5-8-22-47)25-71-30(61)13-4-7-21-46/h27-29,37H,3-26H2,1-2H3,(H,68,69)/t27-,28-,37-,43+,45-/m0/s1. The number of esters is 8. The van der Waals surface area contributed by atoms with Crippen molar-refractivity contribution in [3.63, 3.8) is 0 Å². The number of hydrogen-bond acceptors (Lipinski definition) is 17. The lowest BCUT2D eigenvalue weighted by atomic mass is 9.99. The molecule has 0 fully saturated rings. The summed E-state index contributed by atoms with van der Waals surface area (Å²) in [7, 11) is 0. The molecule has 0 aromatic rings. The number of unbranched alkanes of at least 4 members (excludes halogenated alkanes) is 3. The van der Waals surface area contributed by atoms with E-state index in [-0.39, 0.29) is 19.8 Å². The van der Waals surface area contributed by atoms with Crippen LogP contribution in [0.1, 0.15) is 136 Å². The maximum atomic E-state index is 17.6. The molecule has 0 heterocycles. The van der Waals surface area contributed by atoms with Crippen LogP contribution in [0.3, 0.4) is 0 Å². The first-order valence-corrected chi connectivity index (χ1v) is 23.7. The Labute approximate surface area is 434 Å². The van der Waals surface area contributed by atoms with E-state index in [0.29, 0.717) is 0 Å². The topological polar surface area (TPSA) is 248 Å². The van der Waals surface area contributed by atoms with Crippen LogP contribution in [-0.2, 0) is 81.0 Å². The summed E-state index contributed by atoms with van der Waals surface area (Å²) >= 11 is 0. The van der Waals surface area contributed by atoms with E-state index >= 15 is 13.2 Å². The van der Waals surface area contributed by atoms with Crippen LogP contribution in [0.2, 0.25) is 0 Å². The number of hydrogen-bond donors (Lipinski definition) is 1. The minimum Gasteiger partial charge on any atom is -0.476 e. The fourth-order valence-electron chi connectivity index (χ4n) is 5.98. The van der Waals surface area contributed by atoms with Gasteiger partial charge in [0.15, 0.2) is 6.10 Å². The molecule has 33 heteroatoms. The lowest BCUT2D eigenvalue weighted by molar-refractivity contribution is -0.345. The van der Waals surface area contributed by atoms with Gasteiger partial charge in [0.2, 0.25) is 24.6 Å². The Kier molecular flexibility index (Phi) is 31.7. The molecule has 78 heavy (non-hydrogen) atoms. The van der Waals surface area contributed by atoms with Gasteiger partial charge in [-0.3, -0.25) is 46.7 Å². The molecule has 5 atom stereocenters. The van der Waals surface area contributed by atoms with Gasteiger partial charge < -0.3 is 43.0 Å². The number of carbonyl (C=O) groups excluding carboxylic acids is 8. The molecule has 0 saturated carbocycles. The van der Waals surface area contributed by atoms with Crippen molar-refractivity contribution >= 4 is 53.7 Å². The van der Waals surface area contributed by atoms with Crippen molar-refractivity contribution in [1.29, 1.82) is 0 Å². The number of alkyl halides is 15. The summed E-state index contributed by atoms with van der Waals surface area (Å²) in [6.07, 6.45) is -39.9. The zero-order valence-corrected chi connectivity index (χ0v) is 41.8. The first-order chi connectivity index (χ1) is 36.0. The van der Waals surface area contributed by atoms with Gasteiger partial charge in [0.1, 0.15) is 19.6 Å². The first-order valence-electron chi connectivity index (χ1n) is 23.7. The van der Waals surface area contributed by atoms with Crippen LogP contribution in [0.5, 0.6) is 0 Å². The van der Waals surface area contributed by atoms with Crippen LogP contribution >= 0.6 is 0 Å². The number of carboxylic acids is 1. The van der Waals surface area contributed by atoms with Gasteiger partial charge >= 0.3 is 77.5 Å². The number of carbonyl (C=O) groups is 9. The molecule has 0 aliphatic rings. The SMILES string of the molecule is CCC(F)(F)CC(=O)OC[C@H](OC(=O)CCCC(F)(F)F)[C@](OC(=O)CCCC(F)F)(OC(=O)CCC(C)(F)F)C(F)(F)C(=O)O[C@@](F)(C(=O)O)[C@@H](OC(=O)CCCCF)[C@H](COC(=O)CCCCF)OC(=O)CCCCF. The molecule has 0 aliphatic carbocycles. The molecule has 0 aromatic heterocycles. The minimum absolute atomic E-state index is 0.0962. The summed E-state index contributed by atoms with van der Waals surface area (Å²) in [5.41, 5.74) is 0. The van der Waals surface area contributed by atoms with Gasteiger partial charge in [-0.05, 0) is 58.3 Å². The Hall–Kier alpha value is -5.82. The summed E-state index contributed by atoms with van der Waals surface area (Å²) < 4.78 is 250. The highest BCUT2D eigenvalue weighted by Gasteiger charge is 2.75. The molecule has 18 nitrogen and oxygen atoms in total. The minimum atomic E-state index is -6.64. The maximum absolute atomic E-state index is 17.6. The van der Waals surface area contributed by atoms with Crippen molar-refractivity contribution in [3.8, 4) is 0 Å². The Morgan fingerprint density at radius 1 is 0.513 bits per heavy atom. The van der Waals surface area contributed by atoms with Crippen molar-refractivity contribution in [3.05, 3.63) is 0 Å². The van der Waals surface area contributed by atoms with Gasteiger partial charge in [-0.25, -0.2) is 35.9 Å². The molecule has 0 spiro atoms. The fourth-order valence-corrected chi connectivity index (χ4v) is 5.98. The number of halogens is 15. The molecule has 1 N–H and O–H groups in total. The summed E-state index contributed by atoms with van der Waals surface area (Å²) in [5.74, 6) is -47.4. The van der Waals surface area contributed by atoms with Crippen molar-refractivity contribution in [1.82, 2.24) is 0 Å². The van der Waals surface area contributed by atoms with Crippen LogP contribution in [-0.4, -0.2) is 152 Å². The lowest BCUT2D eigenvalue weighted by Crippen LogP contribution is -2.69. The van der Waals surface area contributed by atoms with Gasteiger partial charge in [0, 0.05) is 57.8 Å². The van der Waals surface area contributed by atoms with Gasteiger partial charge in [0.05, 0.1) is 26.4 Å². The van der Waals surface area contributed by atoms with Crippen LogP contribution in [0.25, 0.3) is 0 Å². The molecule has 0 aliphatic heterocycles. The number of rotatable bonds is 41. The molecule has 0 saturated heterocycles. The van der Waals surface area contributed by atoms with E-state index < -0.39 is 256 Å². The third kappa shape index (κ3) is 27.7. The predicted molar refractivity (Wildman–Crippen MR) is 228 cm³/mol. The van der Waals surface area contributed by atoms with E-state index in [4.69, 9.17) is 14.2 Å². The molecule has 0 aromatic carbocycles. The highest BCUT2D eigenvalue weighted by molar-refractivity contribution is 5.87. The van der Waals surface area contributed by atoms with E-state index in [1.54, 1.807) is 0 Å². The zero-order chi connectivity index (χ0) is 60.1. The molecule has 0 amide bonds. The molecule has 0 radical (unpaired) electrons. The monoisotopic (exact) mass is 1170 g/mol. The number of ether oxygens (including phenoxy) is 8. The average molecular weight is 1170 g/mol. The molecule has 452 valence electrons. The Morgan fingerprint density at radius 2 is 0.974 bits per heavy atom. The van der Waals surface area contributed by atoms with Crippen molar-refractivity contribution in [2.24, 2.45) is 0 Å². The van der Waals surface area contributed by atoms with Crippen LogP contribution in [0.15, 0.2) is 0 Å². The quantitative estimate of drug-likeness (QED) is 0.0197. The number of carboxylic acid groups (broad SMARTS) is 1. The highest BCUT2D eigenvalue weighted by atomic mass is 19.4. The van der Waals surface area contributed by atoms with Crippen molar-refractivity contribution in [2.75, 3.05) is 33.2 Å². The van der Waals surface area contributed by atoms with Crippen molar-refractivity contribution < 1.29 is 152 Å². The van der Waals surface area contributed by atoms with Crippen molar-refractivity contribution in [2.45, 2.75) is 196 Å². The molecule has 0 bridgehead atoms. The van der Waals surface area contributed by atoms with Gasteiger partial charge in [-0.15, -0.1) is 0 Å². The second-order valence-electron chi connectivity index (χ2n) is 17.0. The summed E-state index contributed by atoms with van der Waals surface area (Å²) in [6.45, 7) is -6.45. The van der Waals surface area contributed by atoms with E-state index in [9.17, 15) is 101 Å². The van der Waals surface area contributed by atoms with E-state index in [1.165, 1.54) is 0 Å². The van der Waals surface area contributed by atoms with Crippen LogP contribution < -0.4 is 0 Å². The van der Waals surface area contributed by atoms with E-state index in [0.717, 1.165) is 6.92 Å². The van der Waals surface area contributed by atoms with Crippen LogP contribution in [0, 0.1) is 0 Å². The second-order valence-corrected chi connectivity index (χ2v) is 17.0. The molecule has 0 rings (SSSR count). The zero-order valence-electron chi connectivity index (χ0n) is 41.8. The largest absolute Gasteiger partial charge is 0.476 e. The van der Waals surface area contributed by atoms with Crippen LogP contribution in [0.4, 0.5) is 65.9 Å². The van der Waals surface area contributed by atoms with Gasteiger partial charge in [-0.1, -0.05) is 6.92 Å². The molecular weight excluding hydrogens is 1110 g/mol. The molecule has 0 unspecified atom stereocenters. The van der Waals surface area contributed by atoms with E-state index in [1.807, 2.05) is 0 Å². The summed E-state index contributed by atoms with van der Waals surface area (Å²) in [5, 5.41) is 10.3. The van der Waals surface area contributed by atoms with E-state index in [2.05, 4.69) is 23.7 Å². The Balaban J connectivity index is 8.70. The third-order valence-corrected chi connectivity index (χ3v) is 10.1. The third-order valence-electron chi connectivity index (χ3n) is 10.1. The smallest absolute Gasteiger partial charge is 0.421 e. The fraction of sp³-hybridized carbons (Fsp3) is 0.800. The number of aliphatic carboxylic acids is 1. The second kappa shape index (κ2) is 34.2. The first kappa shape index (κ1) is 72.2. The highest BCUT2D eigenvalue weighted by Crippen LogP contribution is 2.43. The predicted octanol–water partition coefficient (Wildman–Crippen LogP) is 8.98. The summed E-state index contributed by atoms with van der Waals surface area (Å²) in [4.78, 5) is 118. The summed E-state index contributed by atoms with van der Waals surface area (Å²) in [6, 6.07) is 0. The average Bonchev–Trinajstić information content (AvgIpc) is 3.31. The van der Waals surface area contributed by atoms with Gasteiger partial charge in [0.25, 0.3) is 5.92 Å². The normalized spacial score (nSPS) is 14.8. The molecular formula is C45H59F15O18.